The SMILES string of the molecule is CCc1nnnn1-c1ccccc1NC(=O)COc1ccccc1Cl. The molecule has 8 heteroatoms. The molecule has 0 fully saturated rings. The summed E-state index contributed by atoms with van der Waals surface area (Å²) in [6.07, 6.45) is 0.672. The smallest absolute Gasteiger partial charge is 0.262 e. The monoisotopic (exact) mass is 357 g/mol. The van der Waals surface area contributed by atoms with Gasteiger partial charge in [0.2, 0.25) is 0 Å². The number of carbonyl (C=O) groups excluding carboxylic acids is 1. The van der Waals surface area contributed by atoms with Gasteiger partial charge in [-0.25, -0.2) is 0 Å². The van der Waals surface area contributed by atoms with Gasteiger partial charge in [0, 0.05) is 6.42 Å². The first-order chi connectivity index (χ1) is 12.2. The van der Waals surface area contributed by atoms with E-state index in [1.165, 1.54) is 0 Å². The molecule has 0 spiro atoms. The van der Waals surface area contributed by atoms with Crippen molar-refractivity contribution in [1.82, 2.24) is 20.2 Å². The van der Waals surface area contributed by atoms with Gasteiger partial charge in [0.05, 0.1) is 16.4 Å². The van der Waals surface area contributed by atoms with E-state index in [-0.39, 0.29) is 12.5 Å². The molecule has 0 aliphatic carbocycles. The molecule has 1 amide bonds. The molecule has 3 aromatic rings. The average molecular weight is 358 g/mol. The number of hydrogen-bond acceptors (Lipinski definition) is 5. The number of aromatic nitrogens is 4. The first-order valence-corrected chi connectivity index (χ1v) is 8.10. The van der Waals surface area contributed by atoms with Crippen molar-refractivity contribution in [1.29, 1.82) is 0 Å². The summed E-state index contributed by atoms with van der Waals surface area (Å²) < 4.78 is 7.06. The molecule has 1 N–H and O–H groups in total. The van der Waals surface area contributed by atoms with Crippen LogP contribution in [0.2, 0.25) is 5.02 Å². The van der Waals surface area contributed by atoms with Crippen molar-refractivity contribution < 1.29 is 9.53 Å². The lowest BCUT2D eigenvalue weighted by molar-refractivity contribution is -0.118. The molecule has 0 atom stereocenters. The Balaban J connectivity index is 1.73. The number of rotatable bonds is 6. The van der Waals surface area contributed by atoms with Crippen LogP contribution >= 0.6 is 11.6 Å². The number of carbonyl (C=O) groups is 1. The quantitative estimate of drug-likeness (QED) is 0.733. The zero-order valence-corrected chi connectivity index (χ0v) is 14.3. The van der Waals surface area contributed by atoms with Crippen molar-refractivity contribution >= 4 is 23.2 Å². The fourth-order valence-corrected chi connectivity index (χ4v) is 2.46. The van der Waals surface area contributed by atoms with E-state index in [2.05, 4.69) is 20.8 Å². The Hall–Kier alpha value is -2.93. The van der Waals surface area contributed by atoms with Crippen molar-refractivity contribution in [2.75, 3.05) is 11.9 Å². The molecule has 7 nitrogen and oxygen atoms in total. The van der Waals surface area contributed by atoms with Crippen molar-refractivity contribution in [3.8, 4) is 11.4 Å². The predicted molar refractivity (Wildman–Crippen MR) is 94.1 cm³/mol. The van der Waals surface area contributed by atoms with Crippen LogP contribution < -0.4 is 10.1 Å². The molecular weight excluding hydrogens is 342 g/mol. The third-order valence-corrected chi connectivity index (χ3v) is 3.76. The second kappa shape index (κ2) is 7.76. The van der Waals surface area contributed by atoms with Gasteiger partial charge in [-0.05, 0) is 34.7 Å². The lowest BCUT2D eigenvalue weighted by atomic mass is 10.2. The van der Waals surface area contributed by atoms with Crippen molar-refractivity contribution in [3.05, 3.63) is 59.4 Å². The Kier molecular flexibility index (Phi) is 5.25. The highest BCUT2D eigenvalue weighted by atomic mass is 35.5. The van der Waals surface area contributed by atoms with Crippen LogP contribution in [-0.2, 0) is 11.2 Å². The molecule has 0 saturated heterocycles. The second-order valence-electron chi connectivity index (χ2n) is 5.14. The highest BCUT2D eigenvalue weighted by molar-refractivity contribution is 6.32. The van der Waals surface area contributed by atoms with Crippen LogP contribution in [0.5, 0.6) is 5.75 Å². The van der Waals surface area contributed by atoms with Crippen molar-refractivity contribution in [2.24, 2.45) is 0 Å². The number of benzene rings is 2. The Morgan fingerprint density at radius 1 is 1.20 bits per heavy atom. The van der Waals surface area contributed by atoms with E-state index in [1.807, 2.05) is 25.1 Å². The van der Waals surface area contributed by atoms with E-state index >= 15 is 0 Å². The van der Waals surface area contributed by atoms with Gasteiger partial charge in [-0.1, -0.05) is 42.8 Å². The minimum atomic E-state index is -0.307. The summed E-state index contributed by atoms with van der Waals surface area (Å²) in [5.41, 5.74) is 1.28. The number of amides is 1. The van der Waals surface area contributed by atoms with Crippen LogP contribution in [0, 0.1) is 0 Å². The number of nitrogens with one attached hydrogen (secondary N) is 1. The van der Waals surface area contributed by atoms with Crippen molar-refractivity contribution in [2.45, 2.75) is 13.3 Å². The fourth-order valence-electron chi connectivity index (χ4n) is 2.27. The zero-order valence-electron chi connectivity index (χ0n) is 13.5. The molecule has 0 aliphatic rings. The number of halogens is 1. The number of ether oxygens (including phenoxy) is 1. The van der Waals surface area contributed by atoms with Gasteiger partial charge >= 0.3 is 0 Å². The predicted octanol–water partition coefficient (Wildman–Crippen LogP) is 2.90. The topological polar surface area (TPSA) is 81.9 Å². The van der Waals surface area contributed by atoms with E-state index in [0.717, 1.165) is 0 Å². The van der Waals surface area contributed by atoms with Gasteiger partial charge < -0.3 is 10.1 Å². The van der Waals surface area contributed by atoms with E-state index in [9.17, 15) is 4.79 Å². The standard InChI is InChI=1S/C17H16ClN5O2/c1-2-16-20-21-22-23(16)14-9-5-4-8-13(14)19-17(24)11-25-15-10-6-3-7-12(15)18/h3-10H,2,11H2,1H3,(H,19,24). The zero-order chi connectivity index (χ0) is 17.6. The third kappa shape index (κ3) is 3.95. The first-order valence-electron chi connectivity index (χ1n) is 7.73. The number of anilines is 1. The molecule has 0 radical (unpaired) electrons. The van der Waals surface area contributed by atoms with Gasteiger partial charge in [-0.15, -0.1) is 5.10 Å². The molecule has 2 aromatic carbocycles. The largest absolute Gasteiger partial charge is 0.482 e. The van der Waals surface area contributed by atoms with E-state index in [1.54, 1.807) is 35.0 Å². The second-order valence-corrected chi connectivity index (χ2v) is 5.55. The van der Waals surface area contributed by atoms with Gasteiger partial charge in [0.25, 0.3) is 5.91 Å². The molecule has 0 bridgehead atoms. The summed E-state index contributed by atoms with van der Waals surface area (Å²) in [4.78, 5) is 12.2. The Labute approximate surface area is 149 Å². The van der Waals surface area contributed by atoms with E-state index in [4.69, 9.17) is 16.3 Å². The third-order valence-electron chi connectivity index (χ3n) is 3.45. The maximum absolute atomic E-state index is 12.2. The number of nitrogens with zero attached hydrogens (tertiary/aromatic N) is 4. The van der Waals surface area contributed by atoms with Gasteiger partial charge in [-0.2, -0.15) is 4.68 Å². The number of para-hydroxylation sites is 3. The summed E-state index contributed by atoms with van der Waals surface area (Å²) in [6, 6.07) is 14.3. The molecule has 0 aliphatic heterocycles. The van der Waals surface area contributed by atoms with Gasteiger partial charge in [0.1, 0.15) is 5.75 Å². The van der Waals surface area contributed by atoms with Crippen LogP contribution in [-0.4, -0.2) is 32.7 Å². The molecule has 1 aromatic heterocycles. The lowest BCUT2D eigenvalue weighted by Crippen LogP contribution is -2.21. The molecule has 1 heterocycles. The van der Waals surface area contributed by atoms with Gasteiger partial charge in [-0.3, -0.25) is 4.79 Å². The Bertz CT molecular complexity index is 881. The summed E-state index contributed by atoms with van der Waals surface area (Å²) in [7, 11) is 0. The van der Waals surface area contributed by atoms with Crippen LogP contribution in [0.25, 0.3) is 5.69 Å². The van der Waals surface area contributed by atoms with E-state index in [0.29, 0.717) is 34.4 Å². The van der Waals surface area contributed by atoms with Crippen LogP contribution in [0.1, 0.15) is 12.7 Å². The Morgan fingerprint density at radius 3 is 2.76 bits per heavy atom. The first kappa shape index (κ1) is 16.9. The molecule has 0 saturated carbocycles. The Morgan fingerprint density at radius 2 is 1.96 bits per heavy atom. The average Bonchev–Trinajstić information content (AvgIpc) is 3.10. The minimum Gasteiger partial charge on any atom is -0.482 e. The minimum absolute atomic E-state index is 0.158. The summed E-state index contributed by atoms with van der Waals surface area (Å²) in [5, 5.41) is 14.9. The summed E-state index contributed by atoms with van der Waals surface area (Å²) >= 11 is 6.01. The molecule has 25 heavy (non-hydrogen) atoms. The summed E-state index contributed by atoms with van der Waals surface area (Å²) in [5.74, 6) is 0.855. The highest BCUT2D eigenvalue weighted by Gasteiger charge is 2.13. The fraction of sp³-hybridized carbons (Fsp3) is 0.176. The number of hydrogen-bond donors (Lipinski definition) is 1. The number of tetrazole rings is 1. The lowest BCUT2D eigenvalue weighted by Gasteiger charge is -2.12. The normalized spacial score (nSPS) is 10.5. The molecule has 3 rings (SSSR count). The highest BCUT2D eigenvalue weighted by Crippen LogP contribution is 2.23. The summed E-state index contributed by atoms with van der Waals surface area (Å²) in [6.45, 7) is 1.80. The van der Waals surface area contributed by atoms with Crippen LogP contribution in [0.15, 0.2) is 48.5 Å². The van der Waals surface area contributed by atoms with Gasteiger partial charge in [0.15, 0.2) is 12.4 Å². The molecule has 0 unspecified atom stereocenters. The maximum atomic E-state index is 12.2. The molecular formula is C17H16ClN5O2. The van der Waals surface area contributed by atoms with E-state index < -0.39 is 0 Å². The molecule has 128 valence electrons. The van der Waals surface area contributed by atoms with Crippen LogP contribution in [0.3, 0.4) is 0 Å². The number of aryl methyl sites for hydroxylation is 1. The van der Waals surface area contributed by atoms with Crippen LogP contribution in [0.4, 0.5) is 5.69 Å². The van der Waals surface area contributed by atoms with Crippen molar-refractivity contribution in [3.63, 3.8) is 0 Å². The maximum Gasteiger partial charge on any atom is 0.262 e.